The minimum Gasteiger partial charge on any atom is -0.494 e. The maximum atomic E-state index is 14.8. The van der Waals surface area contributed by atoms with Gasteiger partial charge in [-0.15, -0.1) is 26.6 Å². The van der Waals surface area contributed by atoms with Crippen LogP contribution in [0.3, 0.4) is 0 Å². The number of benzene rings is 4. The molecule has 4 heterocycles. The Balaban J connectivity index is 0.946. The number of Topliss-reactive ketones (excluding diaryl/α,β-unsaturated/α-hetero) is 1. The van der Waals surface area contributed by atoms with Crippen LogP contribution in [-0.2, 0) is 37.9 Å². The number of carbonyl (C=O) groups is 3. The first-order chi connectivity index (χ1) is 34.1. The highest BCUT2D eigenvalue weighted by molar-refractivity contribution is 7.89. The molecule has 4 aromatic carbocycles. The van der Waals surface area contributed by atoms with Crippen LogP contribution in [0.25, 0.3) is 16.0 Å². The van der Waals surface area contributed by atoms with Gasteiger partial charge in [-0.1, -0.05) is 77.7 Å². The van der Waals surface area contributed by atoms with Crippen LogP contribution in [-0.4, -0.2) is 92.3 Å². The normalized spacial score (nSPS) is 17.5. The van der Waals surface area contributed by atoms with Gasteiger partial charge in [0.25, 0.3) is 0 Å². The van der Waals surface area contributed by atoms with Gasteiger partial charge in [-0.2, -0.15) is 4.31 Å². The van der Waals surface area contributed by atoms with Crippen LogP contribution in [0.5, 0.6) is 5.75 Å². The number of thiophene rings is 1. The number of fused-ring (bicyclic) bond motifs is 4. The molecule has 1 saturated carbocycles. The number of aliphatic imine (C=N–C) groups is 1. The van der Waals surface area contributed by atoms with Gasteiger partial charge in [-0.05, 0) is 102 Å². The molecule has 16 nitrogen and oxygen atoms in total. The van der Waals surface area contributed by atoms with Crippen molar-refractivity contribution in [1.82, 2.24) is 34.1 Å². The van der Waals surface area contributed by atoms with Gasteiger partial charge in [-0.25, -0.2) is 13.1 Å². The van der Waals surface area contributed by atoms with E-state index in [1.165, 1.54) is 36.9 Å². The Bertz CT molecular complexity index is 3330. The Morgan fingerprint density at radius 1 is 0.958 bits per heavy atom. The third-order valence-electron chi connectivity index (χ3n) is 13.6. The van der Waals surface area contributed by atoms with E-state index in [0.717, 1.165) is 46.5 Å². The molecule has 0 saturated heterocycles. The number of halogens is 2. The van der Waals surface area contributed by atoms with E-state index in [1.54, 1.807) is 72.7 Å². The minimum absolute atomic E-state index is 0.00339. The highest BCUT2D eigenvalue weighted by Crippen LogP contribution is 2.44. The molecule has 7 aromatic rings. The average Bonchev–Trinajstić information content (AvgIpc) is 4.01. The zero-order valence-corrected chi connectivity index (χ0v) is 42.6. The lowest BCUT2D eigenvalue weighted by molar-refractivity contribution is -0.141. The lowest BCUT2D eigenvalue weighted by atomic mass is 9.84. The third-order valence-corrected chi connectivity index (χ3v) is 17.3. The molecule has 20 heteroatoms. The number of hydrogen-bond donors (Lipinski definition) is 1. The molecule has 0 bridgehead atoms. The molecule has 1 fully saturated rings. The summed E-state index contributed by atoms with van der Waals surface area (Å²) in [5, 5.41) is 28.5. The predicted octanol–water partition coefficient (Wildman–Crippen LogP) is 9.66. The first-order valence-corrected chi connectivity index (χ1v) is 26.0. The number of nitrogens with zero attached hydrogens (tertiary/aromatic N) is 8. The summed E-state index contributed by atoms with van der Waals surface area (Å²) in [6, 6.07) is 22.2. The Hall–Kier alpha value is -6.31. The monoisotopic (exact) mass is 1040 g/mol. The second-order valence-corrected chi connectivity index (χ2v) is 21.9. The van der Waals surface area contributed by atoms with Crippen molar-refractivity contribution in [3.63, 3.8) is 0 Å². The van der Waals surface area contributed by atoms with Crippen molar-refractivity contribution in [3.05, 3.63) is 145 Å². The number of carbonyl (C=O) groups excluding carboxylic acids is 2. The summed E-state index contributed by atoms with van der Waals surface area (Å²) in [6.45, 7) is 1.85. The number of ether oxygens (including phenoxy) is 2. The smallest absolute Gasteiger partial charge is 0.308 e. The molecule has 9 rings (SSSR count). The predicted molar refractivity (Wildman–Crippen MR) is 270 cm³/mol. The number of hydrogen-bond acceptors (Lipinski definition) is 13. The number of aromatic nitrogens is 6. The van der Waals surface area contributed by atoms with Gasteiger partial charge in [0.05, 0.1) is 42.5 Å². The number of ketones is 1. The molecule has 3 aromatic heterocycles. The molecule has 0 amide bonds. The van der Waals surface area contributed by atoms with Gasteiger partial charge in [0.2, 0.25) is 10.0 Å². The highest BCUT2D eigenvalue weighted by Gasteiger charge is 2.36. The van der Waals surface area contributed by atoms with Crippen LogP contribution < -0.4 is 4.74 Å². The summed E-state index contributed by atoms with van der Waals surface area (Å²) in [5.41, 5.74) is 6.84. The molecule has 2 aliphatic rings. The second kappa shape index (κ2) is 20.4. The van der Waals surface area contributed by atoms with Crippen LogP contribution in [0.1, 0.15) is 117 Å². The fraction of sp³-hybridized carbons (Fsp3) is 0.333. The zero-order valence-electron chi connectivity index (χ0n) is 39.5. The maximum absolute atomic E-state index is 14.8. The third kappa shape index (κ3) is 9.87. The molecule has 1 aliphatic heterocycles. The lowest BCUT2D eigenvalue weighted by Crippen LogP contribution is -2.26. The van der Waals surface area contributed by atoms with E-state index < -0.39 is 33.9 Å². The average molecular weight is 1040 g/mol. The Morgan fingerprint density at radius 3 is 2.42 bits per heavy atom. The maximum Gasteiger partial charge on any atom is 0.308 e. The molecule has 71 heavy (non-hydrogen) atoms. The van der Waals surface area contributed by atoms with E-state index in [1.807, 2.05) is 35.8 Å². The van der Waals surface area contributed by atoms with Crippen molar-refractivity contribution in [2.45, 2.75) is 81.2 Å². The van der Waals surface area contributed by atoms with Gasteiger partial charge >= 0.3 is 11.9 Å². The quantitative estimate of drug-likeness (QED) is 0.0580. The van der Waals surface area contributed by atoms with Crippen molar-refractivity contribution < 1.29 is 37.4 Å². The molecule has 1 N–H and O–H groups in total. The number of methoxy groups -OCH3 is 2. The summed E-state index contributed by atoms with van der Waals surface area (Å²) < 4.78 is 43.6. The van der Waals surface area contributed by atoms with Gasteiger partial charge in [0, 0.05) is 53.6 Å². The van der Waals surface area contributed by atoms with E-state index in [4.69, 9.17) is 37.7 Å². The summed E-state index contributed by atoms with van der Waals surface area (Å²) in [7, 11) is 2.05. The topological polar surface area (TPSA) is 201 Å². The number of rotatable bonds is 15. The largest absolute Gasteiger partial charge is 0.494 e. The number of sulfonamides is 1. The van der Waals surface area contributed by atoms with Crippen LogP contribution in [0.15, 0.2) is 95.1 Å². The number of carboxylic acid groups (broad SMARTS) is 1. The molecule has 368 valence electrons. The molecule has 4 atom stereocenters. The summed E-state index contributed by atoms with van der Waals surface area (Å²) in [6.07, 6.45) is 5.18. The zero-order chi connectivity index (χ0) is 50.3. The summed E-state index contributed by atoms with van der Waals surface area (Å²) in [5.74, 6) is -1.42. The Labute approximate surface area is 424 Å². The van der Waals surface area contributed by atoms with Crippen LogP contribution in [0.4, 0.5) is 0 Å². The van der Waals surface area contributed by atoms with Crippen molar-refractivity contribution in [2.24, 2.45) is 18.0 Å². The SMILES string of the molecule is COC(=O)C[C@@H]1N=C(c2ccc(Cl)cc2)c2c(sc(C(=O)C3CCCCC(c4ccc(S(=O)(=O)N(C)Cc5cc(C(CC(=O)O)c6cc(OC)c7c(c6)nnn7C)ccc5Cl)cc4)C3)c2C)-n2cnnc21. The van der Waals surface area contributed by atoms with E-state index in [-0.39, 0.29) is 41.9 Å². The molecule has 0 radical (unpaired) electrons. The number of aryl methyl sites for hydroxylation is 1. The first kappa shape index (κ1) is 49.7. The lowest BCUT2D eigenvalue weighted by Gasteiger charge is -2.22. The standard InChI is InChI=1S/C51H50Cl2N8O8S2/c1-28-45-46(30-10-15-36(52)16-11-30)55-41(25-44(64)69-5)50-57-54-27-61(50)51(45)70-49(28)48(65)33-9-7-6-8-31(20-33)29-12-17-37(18-13-29)71(66,67)59(2)26-35-21-32(14-19-39(35)53)38(24-43(62)63)34-22-40-47(42(23-34)68-4)60(3)58-56-40/h10-19,21-23,27,31,33,38,41H,6-9,20,24-26H2,1-5H3,(H,62,63)/t31?,33?,38?,41-/m0/s1. The van der Waals surface area contributed by atoms with Gasteiger partial charge in [0.15, 0.2) is 11.6 Å². The van der Waals surface area contributed by atoms with Crippen LogP contribution >= 0.6 is 34.5 Å². The van der Waals surface area contributed by atoms with Crippen LogP contribution in [0, 0.1) is 12.8 Å². The fourth-order valence-corrected chi connectivity index (χ4v) is 12.6. The van der Waals surface area contributed by atoms with Gasteiger partial charge in [0.1, 0.15) is 34.2 Å². The summed E-state index contributed by atoms with van der Waals surface area (Å²) in [4.78, 5) is 45.5. The van der Waals surface area contributed by atoms with E-state index in [0.29, 0.717) is 72.8 Å². The first-order valence-electron chi connectivity index (χ1n) is 23.0. The second-order valence-electron chi connectivity index (χ2n) is 18.0. The highest BCUT2D eigenvalue weighted by atomic mass is 35.5. The summed E-state index contributed by atoms with van der Waals surface area (Å²) >= 11 is 14.4. The van der Waals surface area contributed by atoms with Crippen LogP contribution in [0.2, 0.25) is 10.0 Å². The van der Waals surface area contributed by atoms with E-state index in [9.17, 15) is 27.9 Å². The molecule has 1 aliphatic carbocycles. The Morgan fingerprint density at radius 2 is 1.70 bits per heavy atom. The van der Waals surface area contributed by atoms with Crippen molar-refractivity contribution in [2.75, 3.05) is 21.3 Å². The minimum atomic E-state index is -4.02. The fourth-order valence-electron chi connectivity index (χ4n) is 9.86. The number of carboxylic acids is 1. The number of esters is 1. The van der Waals surface area contributed by atoms with Gasteiger partial charge in [-0.3, -0.25) is 23.9 Å². The van der Waals surface area contributed by atoms with Gasteiger partial charge < -0.3 is 14.6 Å². The molecular formula is C51H50Cl2N8O8S2. The molecular weight excluding hydrogens is 988 g/mol. The van der Waals surface area contributed by atoms with E-state index in [2.05, 4.69) is 20.5 Å². The number of aliphatic carboxylic acids is 1. The Kier molecular flexibility index (Phi) is 14.3. The molecule has 0 spiro atoms. The van der Waals surface area contributed by atoms with Crippen molar-refractivity contribution in [1.29, 1.82) is 0 Å². The van der Waals surface area contributed by atoms with Crippen molar-refractivity contribution >= 4 is 79.0 Å². The van der Waals surface area contributed by atoms with Crippen molar-refractivity contribution in [3.8, 4) is 10.8 Å². The molecule has 3 unspecified atom stereocenters. The van der Waals surface area contributed by atoms with E-state index >= 15 is 0 Å².